The van der Waals surface area contributed by atoms with E-state index in [9.17, 15) is 13.2 Å². The molecule has 1 saturated heterocycles. The second-order valence-electron chi connectivity index (χ2n) is 4.56. The zero-order valence-corrected chi connectivity index (χ0v) is 9.91. The van der Waals surface area contributed by atoms with E-state index in [-0.39, 0.29) is 11.5 Å². The second-order valence-corrected chi connectivity index (χ2v) is 4.56. The van der Waals surface area contributed by atoms with Crippen LogP contribution < -0.4 is 5.73 Å². The first-order valence-electron chi connectivity index (χ1n) is 5.99. The van der Waals surface area contributed by atoms with Crippen molar-refractivity contribution in [2.75, 3.05) is 13.2 Å². The topological polar surface area (TPSA) is 35.2 Å². The molecule has 2 nitrogen and oxygen atoms in total. The van der Waals surface area contributed by atoms with Gasteiger partial charge in [0.25, 0.3) is 0 Å². The van der Waals surface area contributed by atoms with Gasteiger partial charge in [-0.1, -0.05) is 18.2 Å². The van der Waals surface area contributed by atoms with Crippen LogP contribution in [0.25, 0.3) is 0 Å². The van der Waals surface area contributed by atoms with E-state index in [2.05, 4.69) is 0 Å². The quantitative estimate of drug-likeness (QED) is 0.885. The van der Waals surface area contributed by atoms with Crippen LogP contribution in [0.4, 0.5) is 13.2 Å². The third-order valence-electron chi connectivity index (χ3n) is 3.40. The Morgan fingerprint density at radius 3 is 2.39 bits per heavy atom. The summed E-state index contributed by atoms with van der Waals surface area (Å²) < 4.78 is 43.9. The fraction of sp³-hybridized carbons (Fsp3) is 0.538. The number of rotatable bonds is 2. The van der Waals surface area contributed by atoms with Crippen LogP contribution in [0.3, 0.4) is 0 Å². The Balaban J connectivity index is 2.26. The van der Waals surface area contributed by atoms with Crippen molar-refractivity contribution in [2.24, 2.45) is 11.7 Å². The van der Waals surface area contributed by atoms with Crippen molar-refractivity contribution in [1.82, 2.24) is 0 Å². The summed E-state index contributed by atoms with van der Waals surface area (Å²) in [6.45, 7) is 1.15. The van der Waals surface area contributed by atoms with Gasteiger partial charge in [0.15, 0.2) is 0 Å². The molecule has 0 spiro atoms. The first kappa shape index (κ1) is 13.4. The standard InChI is InChI=1S/C13H16F3NO/c14-13(15,16)11-4-2-1-3-10(11)12(17)9-5-7-18-8-6-9/h1-4,9,12H,5-8,17H2/t12-/m0/s1. The van der Waals surface area contributed by atoms with Gasteiger partial charge in [0.1, 0.15) is 0 Å². The Kier molecular flexibility index (Phi) is 3.92. The van der Waals surface area contributed by atoms with Gasteiger partial charge in [-0.25, -0.2) is 0 Å². The lowest BCUT2D eigenvalue weighted by Crippen LogP contribution is -2.29. The molecule has 0 aromatic heterocycles. The molecule has 1 fully saturated rings. The molecule has 1 aliphatic heterocycles. The Morgan fingerprint density at radius 2 is 1.78 bits per heavy atom. The smallest absolute Gasteiger partial charge is 0.381 e. The molecule has 0 unspecified atom stereocenters. The number of halogens is 3. The van der Waals surface area contributed by atoms with Crippen LogP contribution in [0.1, 0.15) is 30.0 Å². The summed E-state index contributed by atoms with van der Waals surface area (Å²) in [6.07, 6.45) is -2.92. The van der Waals surface area contributed by atoms with Crippen molar-refractivity contribution >= 4 is 0 Å². The number of nitrogens with two attached hydrogens (primary N) is 1. The highest BCUT2D eigenvalue weighted by Gasteiger charge is 2.36. The van der Waals surface area contributed by atoms with Crippen molar-refractivity contribution in [3.05, 3.63) is 35.4 Å². The van der Waals surface area contributed by atoms with Crippen LogP contribution >= 0.6 is 0 Å². The Morgan fingerprint density at radius 1 is 1.17 bits per heavy atom. The lowest BCUT2D eigenvalue weighted by Gasteiger charge is -2.29. The summed E-state index contributed by atoms with van der Waals surface area (Å²) in [6, 6.07) is 4.98. The molecular weight excluding hydrogens is 243 g/mol. The molecule has 5 heteroatoms. The van der Waals surface area contributed by atoms with Gasteiger partial charge in [0.05, 0.1) is 5.56 Å². The monoisotopic (exact) mass is 259 g/mol. The number of alkyl halides is 3. The molecule has 0 bridgehead atoms. The van der Waals surface area contributed by atoms with Gasteiger partial charge >= 0.3 is 6.18 Å². The van der Waals surface area contributed by atoms with E-state index in [0.717, 1.165) is 6.07 Å². The zero-order chi connectivity index (χ0) is 13.2. The maximum absolute atomic E-state index is 12.9. The normalized spacial score (nSPS) is 19.8. The number of hydrogen-bond acceptors (Lipinski definition) is 2. The molecule has 1 atom stereocenters. The highest BCUT2D eigenvalue weighted by molar-refractivity contribution is 5.32. The molecule has 0 saturated carbocycles. The van der Waals surface area contributed by atoms with Crippen LogP contribution in [-0.4, -0.2) is 13.2 Å². The summed E-state index contributed by atoms with van der Waals surface area (Å²) >= 11 is 0. The van der Waals surface area contributed by atoms with E-state index in [4.69, 9.17) is 10.5 Å². The second kappa shape index (κ2) is 5.28. The summed E-state index contributed by atoms with van der Waals surface area (Å²) in [5, 5.41) is 0. The molecular formula is C13H16F3NO. The van der Waals surface area contributed by atoms with E-state index in [1.165, 1.54) is 12.1 Å². The fourth-order valence-corrected chi connectivity index (χ4v) is 2.37. The highest BCUT2D eigenvalue weighted by atomic mass is 19.4. The van der Waals surface area contributed by atoms with E-state index in [1.807, 2.05) is 0 Å². The highest BCUT2D eigenvalue weighted by Crippen LogP contribution is 2.37. The minimum absolute atomic E-state index is 0.0576. The van der Waals surface area contributed by atoms with E-state index < -0.39 is 17.8 Å². The zero-order valence-electron chi connectivity index (χ0n) is 9.91. The molecule has 2 N–H and O–H groups in total. The Bertz CT molecular complexity index is 399. The van der Waals surface area contributed by atoms with Gasteiger partial charge in [0, 0.05) is 19.3 Å². The molecule has 1 aromatic rings. The molecule has 0 amide bonds. The fourth-order valence-electron chi connectivity index (χ4n) is 2.37. The molecule has 1 aliphatic rings. The Labute approximate surface area is 104 Å². The molecule has 1 aromatic carbocycles. The molecule has 1 heterocycles. The average Bonchev–Trinajstić information content (AvgIpc) is 2.38. The van der Waals surface area contributed by atoms with Crippen molar-refractivity contribution in [3.8, 4) is 0 Å². The van der Waals surface area contributed by atoms with Gasteiger partial charge in [-0.15, -0.1) is 0 Å². The molecule has 0 aliphatic carbocycles. The summed E-state index contributed by atoms with van der Waals surface area (Å²) in [5.41, 5.74) is 5.58. The molecule has 0 radical (unpaired) electrons. The van der Waals surface area contributed by atoms with Crippen LogP contribution in [-0.2, 0) is 10.9 Å². The predicted octanol–water partition coefficient (Wildman–Crippen LogP) is 3.13. The summed E-state index contributed by atoms with van der Waals surface area (Å²) in [4.78, 5) is 0. The third kappa shape index (κ3) is 2.84. The minimum atomic E-state index is -4.35. The van der Waals surface area contributed by atoms with E-state index in [0.29, 0.717) is 26.1 Å². The minimum Gasteiger partial charge on any atom is -0.381 e. The van der Waals surface area contributed by atoms with Crippen LogP contribution in [0.15, 0.2) is 24.3 Å². The largest absolute Gasteiger partial charge is 0.416 e. The molecule has 2 rings (SSSR count). The summed E-state index contributed by atoms with van der Waals surface area (Å²) in [7, 11) is 0. The third-order valence-corrected chi connectivity index (χ3v) is 3.40. The average molecular weight is 259 g/mol. The van der Waals surface area contributed by atoms with E-state index >= 15 is 0 Å². The van der Waals surface area contributed by atoms with Gasteiger partial charge in [-0.05, 0) is 30.4 Å². The van der Waals surface area contributed by atoms with Crippen molar-refractivity contribution in [3.63, 3.8) is 0 Å². The van der Waals surface area contributed by atoms with Gasteiger partial charge in [-0.2, -0.15) is 13.2 Å². The van der Waals surface area contributed by atoms with Crippen LogP contribution in [0.2, 0.25) is 0 Å². The maximum Gasteiger partial charge on any atom is 0.416 e. The van der Waals surface area contributed by atoms with Crippen LogP contribution in [0, 0.1) is 5.92 Å². The van der Waals surface area contributed by atoms with Gasteiger partial charge < -0.3 is 10.5 Å². The lowest BCUT2D eigenvalue weighted by molar-refractivity contribution is -0.138. The first-order chi connectivity index (χ1) is 8.50. The van der Waals surface area contributed by atoms with Gasteiger partial charge in [-0.3, -0.25) is 0 Å². The number of hydrogen-bond donors (Lipinski definition) is 1. The first-order valence-corrected chi connectivity index (χ1v) is 5.99. The summed E-state index contributed by atoms with van der Waals surface area (Å²) in [5.74, 6) is 0.0576. The lowest BCUT2D eigenvalue weighted by atomic mass is 9.85. The van der Waals surface area contributed by atoms with E-state index in [1.54, 1.807) is 6.07 Å². The van der Waals surface area contributed by atoms with Crippen molar-refractivity contribution < 1.29 is 17.9 Å². The maximum atomic E-state index is 12.9. The molecule has 18 heavy (non-hydrogen) atoms. The Hall–Kier alpha value is -1.07. The van der Waals surface area contributed by atoms with Crippen LogP contribution in [0.5, 0.6) is 0 Å². The number of benzene rings is 1. The van der Waals surface area contributed by atoms with Crippen molar-refractivity contribution in [2.45, 2.75) is 25.1 Å². The SMILES string of the molecule is N[C@H](c1ccccc1C(F)(F)F)C1CCOCC1. The number of ether oxygens (including phenoxy) is 1. The van der Waals surface area contributed by atoms with Crippen molar-refractivity contribution in [1.29, 1.82) is 0 Å². The molecule has 100 valence electrons. The van der Waals surface area contributed by atoms with Gasteiger partial charge in [0.2, 0.25) is 0 Å². The predicted molar refractivity (Wildman–Crippen MR) is 61.9 cm³/mol.